The van der Waals surface area contributed by atoms with Crippen molar-refractivity contribution in [3.63, 3.8) is 0 Å². The molecule has 0 aromatic rings. The van der Waals surface area contributed by atoms with E-state index in [1.807, 2.05) is 0 Å². The molecule has 0 aliphatic carbocycles. The Hall–Kier alpha value is 0.310. The lowest BCUT2D eigenvalue weighted by molar-refractivity contribution is 0.176. The maximum Gasteiger partial charge on any atom is 0.0153 e. The average molecular weight is 173 g/mol. The van der Waals surface area contributed by atoms with Crippen LogP contribution in [0.4, 0.5) is 0 Å². The molecule has 1 aliphatic heterocycles. The zero-order valence-corrected chi connectivity index (χ0v) is 8.53. The van der Waals surface area contributed by atoms with Crippen molar-refractivity contribution < 1.29 is 0 Å². The minimum absolute atomic E-state index is 0.461. The SMILES string of the molecule is CC1(C)CCCN1CCCS. The van der Waals surface area contributed by atoms with E-state index < -0.39 is 0 Å². The zero-order valence-electron chi connectivity index (χ0n) is 7.64. The first-order valence-corrected chi connectivity index (χ1v) is 5.16. The summed E-state index contributed by atoms with van der Waals surface area (Å²) in [6.45, 7) is 7.22. The summed E-state index contributed by atoms with van der Waals surface area (Å²) in [6.07, 6.45) is 3.96. The van der Waals surface area contributed by atoms with E-state index in [4.69, 9.17) is 0 Å². The van der Waals surface area contributed by atoms with Crippen LogP contribution in [0.1, 0.15) is 33.1 Å². The summed E-state index contributed by atoms with van der Waals surface area (Å²) in [5.41, 5.74) is 0.461. The summed E-state index contributed by atoms with van der Waals surface area (Å²) < 4.78 is 0. The first-order chi connectivity index (χ1) is 5.17. The van der Waals surface area contributed by atoms with Crippen molar-refractivity contribution in [3.05, 3.63) is 0 Å². The van der Waals surface area contributed by atoms with E-state index in [0.29, 0.717) is 5.54 Å². The molecule has 0 unspecified atom stereocenters. The molecule has 1 heterocycles. The summed E-state index contributed by atoms with van der Waals surface area (Å²) in [6, 6.07) is 0. The minimum atomic E-state index is 0.461. The van der Waals surface area contributed by atoms with Gasteiger partial charge in [0.2, 0.25) is 0 Å². The first-order valence-electron chi connectivity index (χ1n) is 4.53. The molecule has 1 rings (SSSR count). The topological polar surface area (TPSA) is 3.24 Å². The van der Waals surface area contributed by atoms with Gasteiger partial charge in [-0.25, -0.2) is 0 Å². The van der Waals surface area contributed by atoms with Crippen LogP contribution in [0.2, 0.25) is 0 Å². The van der Waals surface area contributed by atoms with Crippen molar-refractivity contribution in [1.29, 1.82) is 0 Å². The van der Waals surface area contributed by atoms with Gasteiger partial charge in [0.25, 0.3) is 0 Å². The van der Waals surface area contributed by atoms with Gasteiger partial charge in [0.15, 0.2) is 0 Å². The van der Waals surface area contributed by atoms with E-state index in [-0.39, 0.29) is 0 Å². The largest absolute Gasteiger partial charge is 0.298 e. The molecule has 1 fully saturated rings. The van der Waals surface area contributed by atoms with Gasteiger partial charge in [-0.1, -0.05) is 0 Å². The van der Waals surface area contributed by atoms with Crippen molar-refractivity contribution in [2.75, 3.05) is 18.8 Å². The second-order valence-corrected chi connectivity index (χ2v) is 4.43. The Balaban J connectivity index is 2.32. The number of thiol groups is 1. The lowest BCUT2D eigenvalue weighted by Crippen LogP contribution is -2.38. The molecule has 0 N–H and O–H groups in total. The Morgan fingerprint density at radius 2 is 2.18 bits per heavy atom. The second-order valence-electron chi connectivity index (χ2n) is 3.98. The Morgan fingerprint density at radius 3 is 2.64 bits per heavy atom. The van der Waals surface area contributed by atoms with E-state index >= 15 is 0 Å². The number of nitrogens with zero attached hydrogens (tertiary/aromatic N) is 1. The van der Waals surface area contributed by atoms with Crippen molar-refractivity contribution in [2.24, 2.45) is 0 Å². The van der Waals surface area contributed by atoms with Crippen molar-refractivity contribution in [1.82, 2.24) is 4.90 Å². The summed E-state index contributed by atoms with van der Waals surface area (Å²) in [5, 5.41) is 0. The highest BCUT2D eigenvalue weighted by Crippen LogP contribution is 2.27. The predicted octanol–water partition coefficient (Wildman–Crippen LogP) is 2.18. The van der Waals surface area contributed by atoms with Gasteiger partial charge in [0, 0.05) is 5.54 Å². The van der Waals surface area contributed by atoms with Crippen molar-refractivity contribution >= 4 is 12.6 Å². The fourth-order valence-electron chi connectivity index (χ4n) is 1.84. The predicted molar refractivity (Wildman–Crippen MR) is 53.4 cm³/mol. The highest BCUT2D eigenvalue weighted by atomic mass is 32.1. The van der Waals surface area contributed by atoms with Crippen LogP contribution in [0.15, 0.2) is 0 Å². The summed E-state index contributed by atoms with van der Waals surface area (Å²) >= 11 is 4.22. The molecule has 0 bridgehead atoms. The third-order valence-corrected chi connectivity index (χ3v) is 2.98. The number of hydrogen-bond donors (Lipinski definition) is 1. The smallest absolute Gasteiger partial charge is 0.0153 e. The Morgan fingerprint density at radius 1 is 1.45 bits per heavy atom. The highest BCUT2D eigenvalue weighted by molar-refractivity contribution is 7.80. The minimum Gasteiger partial charge on any atom is -0.298 e. The van der Waals surface area contributed by atoms with E-state index in [2.05, 4.69) is 31.4 Å². The van der Waals surface area contributed by atoms with Crippen LogP contribution in [0, 0.1) is 0 Å². The second kappa shape index (κ2) is 3.81. The molecule has 1 saturated heterocycles. The molecule has 2 heteroatoms. The molecule has 0 aromatic carbocycles. The van der Waals surface area contributed by atoms with Gasteiger partial charge in [-0.2, -0.15) is 12.6 Å². The number of hydrogen-bond acceptors (Lipinski definition) is 2. The summed E-state index contributed by atoms with van der Waals surface area (Å²) in [7, 11) is 0. The van der Waals surface area contributed by atoms with Crippen LogP contribution in [-0.4, -0.2) is 29.3 Å². The molecule has 0 aromatic heterocycles. The molecule has 1 nitrogen and oxygen atoms in total. The molecular formula is C9H19NS. The van der Waals surface area contributed by atoms with Gasteiger partial charge in [-0.3, -0.25) is 4.90 Å². The summed E-state index contributed by atoms with van der Waals surface area (Å²) in [5.74, 6) is 1.02. The zero-order chi connectivity index (χ0) is 8.32. The number of likely N-dealkylation sites (tertiary alicyclic amines) is 1. The molecule has 0 radical (unpaired) electrons. The quantitative estimate of drug-likeness (QED) is 0.640. The molecule has 0 saturated carbocycles. The fraction of sp³-hybridized carbons (Fsp3) is 1.00. The molecule has 66 valence electrons. The standard InChI is InChI=1S/C9H19NS/c1-9(2)5-3-6-10(9)7-4-8-11/h11H,3-8H2,1-2H3. The highest BCUT2D eigenvalue weighted by Gasteiger charge is 2.30. The third kappa shape index (κ3) is 2.38. The lowest BCUT2D eigenvalue weighted by atomic mass is 10.0. The van der Waals surface area contributed by atoms with Crippen LogP contribution >= 0.6 is 12.6 Å². The first kappa shape index (κ1) is 9.40. The maximum absolute atomic E-state index is 4.22. The Kier molecular flexibility index (Phi) is 3.26. The monoisotopic (exact) mass is 173 g/mol. The maximum atomic E-state index is 4.22. The Labute approximate surface area is 75.6 Å². The molecule has 0 spiro atoms. The van der Waals surface area contributed by atoms with Crippen LogP contribution in [0.3, 0.4) is 0 Å². The van der Waals surface area contributed by atoms with Gasteiger partial charge < -0.3 is 0 Å². The third-order valence-electron chi connectivity index (χ3n) is 2.66. The van der Waals surface area contributed by atoms with Gasteiger partial charge in [0.1, 0.15) is 0 Å². The molecule has 1 aliphatic rings. The van der Waals surface area contributed by atoms with E-state index in [1.54, 1.807) is 0 Å². The van der Waals surface area contributed by atoms with Crippen LogP contribution in [0.5, 0.6) is 0 Å². The van der Waals surface area contributed by atoms with Crippen LogP contribution in [-0.2, 0) is 0 Å². The van der Waals surface area contributed by atoms with Gasteiger partial charge in [-0.15, -0.1) is 0 Å². The van der Waals surface area contributed by atoms with E-state index in [0.717, 1.165) is 5.75 Å². The van der Waals surface area contributed by atoms with Gasteiger partial charge >= 0.3 is 0 Å². The van der Waals surface area contributed by atoms with E-state index in [9.17, 15) is 0 Å². The van der Waals surface area contributed by atoms with Gasteiger partial charge in [0.05, 0.1) is 0 Å². The van der Waals surface area contributed by atoms with Gasteiger partial charge in [-0.05, 0) is 52.0 Å². The van der Waals surface area contributed by atoms with Crippen LogP contribution in [0.25, 0.3) is 0 Å². The Bertz CT molecular complexity index is 123. The van der Waals surface area contributed by atoms with E-state index in [1.165, 1.54) is 32.4 Å². The molecular weight excluding hydrogens is 154 g/mol. The van der Waals surface area contributed by atoms with Crippen molar-refractivity contribution in [3.8, 4) is 0 Å². The lowest BCUT2D eigenvalue weighted by Gasteiger charge is -2.31. The number of rotatable bonds is 3. The molecule has 0 amide bonds. The average Bonchev–Trinajstić information content (AvgIpc) is 2.25. The van der Waals surface area contributed by atoms with Crippen LogP contribution < -0.4 is 0 Å². The normalized spacial score (nSPS) is 24.3. The fourth-order valence-corrected chi connectivity index (χ4v) is 1.98. The molecule has 11 heavy (non-hydrogen) atoms. The molecule has 0 atom stereocenters. The van der Waals surface area contributed by atoms with Crippen molar-refractivity contribution in [2.45, 2.75) is 38.6 Å². The summed E-state index contributed by atoms with van der Waals surface area (Å²) in [4.78, 5) is 2.59.